The average molecular weight is 433 g/mol. The van der Waals surface area contributed by atoms with E-state index in [-0.39, 0.29) is 11.3 Å². The maximum atomic E-state index is 13.2. The van der Waals surface area contributed by atoms with Crippen LogP contribution in [0.5, 0.6) is 5.75 Å². The zero-order chi connectivity index (χ0) is 22.1. The van der Waals surface area contributed by atoms with Crippen molar-refractivity contribution in [3.63, 3.8) is 0 Å². The predicted octanol–water partition coefficient (Wildman–Crippen LogP) is 4.42. The summed E-state index contributed by atoms with van der Waals surface area (Å²) in [5.74, 6) is 2.85. The molecule has 5 rings (SSSR count). The van der Waals surface area contributed by atoms with Crippen LogP contribution in [0.4, 0.5) is 0 Å². The van der Waals surface area contributed by atoms with Crippen molar-refractivity contribution >= 4 is 5.91 Å². The van der Waals surface area contributed by atoms with Crippen molar-refractivity contribution in [2.45, 2.75) is 44.4 Å². The van der Waals surface area contributed by atoms with Crippen molar-refractivity contribution in [2.75, 3.05) is 20.2 Å². The van der Waals surface area contributed by atoms with Gasteiger partial charge in [-0.1, -0.05) is 18.0 Å². The summed E-state index contributed by atoms with van der Waals surface area (Å²) in [5.41, 5.74) is 2.36. The highest BCUT2D eigenvalue weighted by Crippen LogP contribution is 2.47. The number of methoxy groups -OCH3 is 1. The molecular weight excluding hydrogens is 404 g/mol. The Kier molecular flexibility index (Phi) is 5.41. The Morgan fingerprint density at radius 3 is 2.72 bits per heavy atom. The molecule has 1 amide bonds. The summed E-state index contributed by atoms with van der Waals surface area (Å²) in [6.45, 7) is 3.33. The summed E-state index contributed by atoms with van der Waals surface area (Å²) in [5, 5.41) is 4.40. The number of aromatic nitrogens is 3. The summed E-state index contributed by atoms with van der Waals surface area (Å²) in [6, 6.07) is 9.41. The fourth-order valence-electron chi connectivity index (χ4n) is 4.75. The first-order valence-electron chi connectivity index (χ1n) is 11.3. The van der Waals surface area contributed by atoms with Gasteiger partial charge >= 0.3 is 0 Å². The number of hydrogen-bond donors (Lipinski definition) is 0. The largest absolute Gasteiger partial charge is 0.497 e. The second-order valence-corrected chi connectivity index (χ2v) is 9.07. The van der Waals surface area contributed by atoms with Crippen LogP contribution in [0.15, 0.2) is 47.2 Å². The van der Waals surface area contributed by atoms with E-state index in [4.69, 9.17) is 14.2 Å². The molecule has 2 aromatic heterocycles. The molecule has 0 N–H and O–H groups in total. The number of rotatable bonds is 6. The molecule has 0 radical (unpaired) electrons. The lowest BCUT2D eigenvalue weighted by Crippen LogP contribution is -2.46. The molecule has 1 saturated heterocycles. The van der Waals surface area contributed by atoms with Crippen molar-refractivity contribution in [2.24, 2.45) is 5.92 Å². The third-order valence-electron chi connectivity index (χ3n) is 6.86. The maximum Gasteiger partial charge on any atom is 0.259 e. The fraction of sp³-hybridized carbons (Fsp3) is 0.440. The monoisotopic (exact) mass is 432 g/mol. The summed E-state index contributed by atoms with van der Waals surface area (Å²) in [7, 11) is 1.64. The number of carbonyl (C=O) groups excluding carboxylic acids is 1. The van der Waals surface area contributed by atoms with Gasteiger partial charge in [-0.2, -0.15) is 4.98 Å². The Morgan fingerprint density at radius 2 is 2.06 bits per heavy atom. The first-order valence-corrected chi connectivity index (χ1v) is 11.3. The van der Waals surface area contributed by atoms with Crippen LogP contribution in [0.1, 0.15) is 53.8 Å². The summed E-state index contributed by atoms with van der Waals surface area (Å²) < 4.78 is 10.9. The predicted molar refractivity (Wildman–Crippen MR) is 119 cm³/mol. The molecule has 3 aromatic rings. The van der Waals surface area contributed by atoms with Crippen molar-refractivity contribution in [1.29, 1.82) is 0 Å². The molecule has 0 spiro atoms. The van der Waals surface area contributed by atoms with E-state index in [1.807, 2.05) is 42.2 Å². The molecule has 1 aromatic carbocycles. The van der Waals surface area contributed by atoms with Gasteiger partial charge in [-0.15, -0.1) is 0 Å². The molecule has 0 unspecified atom stereocenters. The van der Waals surface area contributed by atoms with Crippen molar-refractivity contribution in [3.05, 3.63) is 59.7 Å². The minimum Gasteiger partial charge on any atom is -0.497 e. The van der Waals surface area contributed by atoms with Crippen LogP contribution < -0.4 is 4.74 Å². The van der Waals surface area contributed by atoms with E-state index in [0.29, 0.717) is 19.0 Å². The van der Waals surface area contributed by atoms with Crippen LogP contribution in [0, 0.1) is 12.8 Å². The molecular formula is C25H28N4O3. The van der Waals surface area contributed by atoms with Gasteiger partial charge in [0.1, 0.15) is 5.75 Å². The van der Waals surface area contributed by atoms with Gasteiger partial charge in [0, 0.05) is 36.5 Å². The first-order chi connectivity index (χ1) is 15.6. The van der Waals surface area contributed by atoms with Crippen LogP contribution in [0.2, 0.25) is 0 Å². The van der Waals surface area contributed by atoms with Gasteiger partial charge in [0.25, 0.3) is 11.8 Å². The highest BCUT2D eigenvalue weighted by Gasteiger charge is 2.45. The van der Waals surface area contributed by atoms with Gasteiger partial charge in [0.05, 0.1) is 12.7 Å². The lowest BCUT2D eigenvalue weighted by atomic mass is 9.73. The standard InChI is InChI=1S/C25H28N4O3/c1-17-14-20(31-2)7-8-21(17)23(30)29-12-9-25(10-13-29,15-18-5-6-18)24-27-22(32-28-24)19-4-3-11-26-16-19/h3-4,7-8,11,14,16,18H,5-6,9-10,12-13,15H2,1-2H3. The second kappa shape index (κ2) is 8.37. The van der Waals surface area contributed by atoms with Gasteiger partial charge in [0.2, 0.25) is 0 Å². The number of carbonyl (C=O) groups is 1. The van der Waals surface area contributed by atoms with Gasteiger partial charge in [-0.25, -0.2) is 0 Å². The van der Waals surface area contributed by atoms with Crippen LogP contribution >= 0.6 is 0 Å². The van der Waals surface area contributed by atoms with Gasteiger partial charge in [-0.05, 0) is 68.0 Å². The third kappa shape index (κ3) is 3.99. The fourth-order valence-corrected chi connectivity index (χ4v) is 4.75. The van der Waals surface area contributed by atoms with Crippen molar-refractivity contribution < 1.29 is 14.1 Å². The number of hydrogen-bond acceptors (Lipinski definition) is 6. The van der Waals surface area contributed by atoms with E-state index >= 15 is 0 Å². The van der Waals surface area contributed by atoms with Crippen LogP contribution in [0.3, 0.4) is 0 Å². The SMILES string of the molecule is COc1ccc(C(=O)N2CCC(CC3CC3)(c3noc(-c4cccnc4)n3)CC2)c(C)c1. The molecule has 7 nitrogen and oxygen atoms in total. The number of benzene rings is 1. The van der Waals surface area contributed by atoms with E-state index in [0.717, 1.165) is 53.4 Å². The quantitative estimate of drug-likeness (QED) is 0.573. The second-order valence-electron chi connectivity index (χ2n) is 9.07. The smallest absolute Gasteiger partial charge is 0.259 e. The first kappa shape index (κ1) is 20.7. The summed E-state index contributed by atoms with van der Waals surface area (Å²) in [6.07, 6.45) is 8.75. The van der Waals surface area contributed by atoms with E-state index in [1.54, 1.807) is 19.5 Å². The Bertz CT molecular complexity index is 1100. The van der Waals surface area contributed by atoms with Crippen molar-refractivity contribution in [3.8, 4) is 17.2 Å². The average Bonchev–Trinajstić information content (AvgIpc) is 3.49. The number of amides is 1. The zero-order valence-electron chi connectivity index (χ0n) is 18.6. The maximum absolute atomic E-state index is 13.2. The van der Waals surface area contributed by atoms with Crippen molar-refractivity contribution in [1.82, 2.24) is 20.0 Å². The number of nitrogens with zero attached hydrogens (tertiary/aromatic N) is 4. The number of ether oxygens (including phenoxy) is 1. The lowest BCUT2D eigenvalue weighted by Gasteiger charge is -2.40. The number of piperidine rings is 1. The highest BCUT2D eigenvalue weighted by molar-refractivity contribution is 5.95. The number of likely N-dealkylation sites (tertiary alicyclic amines) is 1. The molecule has 166 valence electrons. The van der Waals surface area contributed by atoms with E-state index in [1.165, 1.54) is 12.8 Å². The number of pyridine rings is 1. The van der Waals surface area contributed by atoms with Crippen LogP contribution in [0.25, 0.3) is 11.5 Å². The molecule has 32 heavy (non-hydrogen) atoms. The van der Waals surface area contributed by atoms with Gasteiger partial charge in [0.15, 0.2) is 5.82 Å². The Balaban J connectivity index is 1.35. The molecule has 2 aliphatic rings. The number of aryl methyl sites for hydroxylation is 1. The van der Waals surface area contributed by atoms with Crippen LogP contribution in [-0.2, 0) is 5.41 Å². The molecule has 0 bridgehead atoms. The van der Waals surface area contributed by atoms with Gasteiger partial charge < -0.3 is 14.2 Å². The van der Waals surface area contributed by atoms with E-state index < -0.39 is 0 Å². The van der Waals surface area contributed by atoms with Crippen LogP contribution in [-0.4, -0.2) is 46.1 Å². The minimum absolute atomic E-state index is 0.0781. The summed E-state index contributed by atoms with van der Waals surface area (Å²) in [4.78, 5) is 24.1. The molecule has 0 atom stereocenters. The Hall–Kier alpha value is -3.22. The van der Waals surface area contributed by atoms with E-state index in [9.17, 15) is 4.79 Å². The summed E-state index contributed by atoms with van der Waals surface area (Å²) >= 11 is 0. The molecule has 1 aliphatic carbocycles. The minimum atomic E-state index is -0.142. The Labute approximate surface area is 187 Å². The Morgan fingerprint density at radius 1 is 1.25 bits per heavy atom. The third-order valence-corrected chi connectivity index (χ3v) is 6.86. The van der Waals surface area contributed by atoms with Gasteiger partial charge in [-0.3, -0.25) is 9.78 Å². The zero-order valence-corrected chi connectivity index (χ0v) is 18.6. The highest BCUT2D eigenvalue weighted by atomic mass is 16.5. The molecule has 2 fully saturated rings. The topological polar surface area (TPSA) is 81.4 Å². The molecule has 7 heteroatoms. The molecule has 1 aliphatic heterocycles. The molecule has 1 saturated carbocycles. The van der Waals surface area contributed by atoms with E-state index in [2.05, 4.69) is 10.1 Å². The molecule has 3 heterocycles. The normalized spacial score (nSPS) is 17.9. The lowest BCUT2D eigenvalue weighted by molar-refractivity contribution is 0.0645.